The molecule has 0 bridgehead atoms. The molecule has 1 atom stereocenters. The minimum atomic E-state index is -0.0401. The average molecular weight is 378 g/mol. The van der Waals surface area contributed by atoms with Gasteiger partial charge < -0.3 is 14.8 Å². The van der Waals surface area contributed by atoms with E-state index in [1.165, 1.54) is 5.56 Å². The van der Waals surface area contributed by atoms with E-state index in [0.29, 0.717) is 0 Å². The molecule has 1 saturated heterocycles. The quantitative estimate of drug-likeness (QED) is 0.660. The Morgan fingerprint density at radius 1 is 1.11 bits per heavy atom. The van der Waals surface area contributed by atoms with Crippen LogP contribution >= 0.6 is 0 Å². The van der Waals surface area contributed by atoms with Crippen LogP contribution in [0.3, 0.4) is 0 Å². The molecular weight excluding hydrogens is 352 g/mol. The molecule has 0 radical (unpaired) electrons. The Morgan fingerprint density at radius 3 is 2.50 bits per heavy atom. The summed E-state index contributed by atoms with van der Waals surface area (Å²) in [5.41, 5.74) is 2.49. The summed E-state index contributed by atoms with van der Waals surface area (Å²) in [5, 5.41) is 10.8. The van der Waals surface area contributed by atoms with Crippen molar-refractivity contribution >= 4 is 0 Å². The van der Waals surface area contributed by atoms with Crippen molar-refractivity contribution in [1.82, 2.24) is 20.5 Å². The molecular formula is C22H26N4O2. The fraction of sp³-hybridized carbons (Fsp3) is 0.364. The Hall–Kier alpha value is -2.70. The van der Waals surface area contributed by atoms with E-state index in [2.05, 4.69) is 44.8 Å². The molecule has 0 spiro atoms. The summed E-state index contributed by atoms with van der Waals surface area (Å²) < 4.78 is 11.0. The van der Waals surface area contributed by atoms with Gasteiger partial charge in [-0.2, -0.15) is 5.10 Å². The molecule has 146 valence electrons. The molecule has 1 aromatic heterocycles. The average Bonchev–Trinajstić information content (AvgIpc) is 3.30. The van der Waals surface area contributed by atoms with Gasteiger partial charge in [0.15, 0.2) is 0 Å². The van der Waals surface area contributed by atoms with E-state index < -0.39 is 0 Å². The van der Waals surface area contributed by atoms with Gasteiger partial charge in [0.1, 0.15) is 17.9 Å². The SMILES string of the molecule is COc1ccc(C2(CNC(c3ccccc3)c3ncn[nH]3)CCOCC2)cc1. The number of hydrogen-bond donors (Lipinski definition) is 2. The number of benzene rings is 2. The Kier molecular flexibility index (Phi) is 5.69. The third-order valence-electron chi connectivity index (χ3n) is 5.64. The Labute approximate surface area is 165 Å². The van der Waals surface area contributed by atoms with Crippen molar-refractivity contribution < 1.29 is 9.47 Å². The van der Waals surface area contributed by atoms with Crippen LogP contribution in [-0.4, -0.2) is 42.0 Å². The lowest BCUT2D eigenvalue weighted by molar-refractivity contribution is 0.0491. The van der Waals surface area contributed by atoms with Crippen molar-refractivity contribution in [2.45, 2.75) is 24.3 Å². The van der Waals surface area contributed by atoms with Gasteiger partial charge in [-0.15, -0.1) is 0 Å². The van der Waals surface area contributed by atoms with E-state index in [4.69, 9.17) is 9.47 Å². The van der Waals surface area contributed by atoms with E-state index >= 15 is 0 Å². The van der Waals surface area contributed by atoms with Crippen molar-refractivity contribution in [2.24, 2.45) is 0 Å². The van der Waals surface area contributed by atoms with Gasteiger partial charge in [0.2, 0.25) is 0 Å². The second kappa shape index (κ2) is 8.54. The highest BCUT2D eigenvalue weighted by Gasteiger charge is 2.35. The maximum atomic E-state index is 5.67. The van der Waals surface area contributed by atoms with E-state index in [-0.39, 0.29) is 11.5 Å². The summed E-state index contributed by atoms with van der Waals surface area (Å²) >= 11 is 0. The molecule has 6 nitrogen and oxygen atoms in total. The summed E-state index contributed by atoms with van der Waals surface area (Å²) in [6, 6.07) is 18.8. The van der Waals surface area contributed by atoms with E-state index in [1.54, 1.807) is 13.4 Å². The molecule has 6 heteroatoms. The molecule has 0 saturated carbocycles. The van der Waals surface area contributed by atoms with Gasteiger partial charge in [0.05, 0.1) is 13.2 Å². The zero-order chi connectivity index (χ0) is 19.2. The molecule has 4 rings (SSSR count). The van der Waals surface area contributed by atoms with Crippen LogP contribution in [0.2, 0.25) is 0 Å². The number of methoxy groups -OCH3 is 1. The summed E-state index contributed by atoms with van der Waals surface area (Å²) in [4.78, 5) is 4.40. The van der Waals surface area contributed by atoms with E-state index in [1.807, 2.05) is 30.3 Å². The number of aromatic nitrogens is 3. The van der Waals surface area contributed by atoms with E-state index in [0.717, 1.165) is 49.7 Å². The normalized spacial score (nSPS) is 17.2. The first-order chi connectivity index (χ1) is 13.8. The molecule has 2 aromatic carbocycles. The summed E-state index contributed by atoms with van der Waals surface area (Å²) in [6.07, 6.45) is 3.51. The zero-order valence-corrected chi connectivity index (χ0v) is 16.1. The van der Waals surface area contributed by atoms with Crippen LogP contribution in [0.1, 0.15) is 35.8 Å². The fourth-order valence-corrected chi connectivity index (χ4v) is 3.94. The summed E-state index contributed by atoms with van der Waals surface area (Å²) in [7, 11) is 1.70. The van der Waals surface area contributed by atoms with Gasteiger partial charge in [0.25, 0.3) is 0 Å². The Morgan fingerprint density at radius 2 is 1.86 bits per heavy atom. The number of H-pyrrole nitrogens is 1. The van der Waals surface area contributed by atoms with Crippen LogP contribution in [0.4, 0.5) is 0 Å². The molecule has 0 amide bonds. The maximum absolute atomic E-state index is 5.67. The van der Waals surface area contributed by atoms with Crippen LogP contribution < -0.4 is 10.1 Å². The number of hydrogen-bond acceptors (Lipinski definition) is 5. The van der Waals surface area contributed by atoms with Gasteiger partial charge in [0, 0.05) is 25.2 Å². The van der Waals surface area contributed by atoms with Crippen molar-refractivity contribution in [3.63, 3.8) is 0 Å². The molecule has 1 aliphatic heterocycles. The van der Waals surface area contributed by atoms with Crippen LogP contribution in [-0.2, 0) is 10.2 Å². The number of rotatable bonds is 7. The second-order valence-electron chi connectivity index (χ2n) is 7.22. The monoisotopic (exact) mass is 378 g/mol. The first kappa shape index (κ1) is 18.7. The zero-order valence-electron chi connectivity index (χ0n) is 16.1. The Balaban J connectivity index is 1.60. The molecule has 2 N–H and O–H groups in total. The Bertz CT molecular complexity index is 844. The number of aromatic amines is 1. The second-order valence-corrected chi connectivity index (χ2v) is 7.22. The number of nitrogens with one attached hydrogen (secondary N) is 2. The minimum Gasteiger partial charge on any atom is -0.497 e. The maximum Gasteiger partial charge on any atom is 0.145 e. The fourth-order valence-electron chi connectivity index (χ4n) is 3.94. The van der Waals surface area contributed by atoms with Crippen molar-refractivity contribution in [1.29, 1.82) is 0 Å². The van der Waals surface area contributed by atoms with Crippen molar-refractivity contribution in [3.8, 4) is 5.75 Å². The predicted molar refractivity (Wildman–Crippen MR) is 107 cm³/mol. The molecule has 1 aliphatic rings. The van der Waals surface area contributed by atoms with Crippen LogP contribution in [0, 0.1) is 0 Å². The topological polar surface area (TPSA) is 72.1 Å². The highest BCUT2D eigenvalue weighted by atomic mass is 16.5. The molecule has 0 aliphatic carbocycles. The number of nitrogens with zero attached hydrogens (tertiary/aromatic N) is 2. The lowest BCUT2D eigenvalue weighted by Gasteiger charge is -2.39. The van der Waals surface area contributed by atoms with Gasteiger partial charge in [-0.05, 0) is 36.1 Å². The van der Waals surface area contributed by atoms with E-state index in [9.17, 15) is 0 Å². The highest BCUT2D eigenvalue weighted by molar-refractivity contribution is 5.34. The summed E-state index contributed by atoms with van der Waals surface area (Å²) in [5.74, 6) is 1.70. The van der Waals surface area contributed by atoms with Gasteiger partial charge in [-0.3, -0.25) is 5.10 Å². The smallest absolute Gasteiger partial charge is 0.145 e. The molecule has 3 aromatic rings. The van der Waals surface area contributed by atoms with Crippen LogP contribution in [0.25, 0.3) is 0 Å². The first-order valence-electron chi connectivity index (χ1n) is 9.67. The number of ether oxygens (including phenoxy) is 2. The minimum absolute atomic E-state index is 0.0115. The lowest BCUT2D eigenvalue weighted by atomic mass is 9.74. The third-order valence-corrected chi connectivity index (χ3v) is 5.64. The van der Waals surface area contributed by atoms with Crippen molar-refractivity contribution in [3.05, 3.63) is 77.9 Å². The summed E-state index contributed by atoms with van der Waals surface area (Å²) in [6.45, 7) is 2.36. The molecule has 2 heterocycles. The van der Waals surface area contributed by atoms with Gasteiger partial charge in [-0.1, -0.05) is 42.5 Å². The standard InChI is InChI=1S/C22H26N4O2/c1-27-19-9-7-18(8-10-19)22(11-13-28-14-12-22)15-23-20(21-24-16-25-26-21)17-5-3-2-4-6-17/h2-10,16,20,23H,11-15H2,1H3,(H,24,25,26). The predicted octanol–water partition coefficient (Wildman–Crippen LogP) is 3.24. The van der Waals surface area contributed by atoms with Crippen LogP contribution in [0.15, 0.2) is 60.9 Å². The largest absolute Gasteiger partial charge is 0.497 e. The molecule has 28 heavy (non-hydrogen) atoms. The van der Waals surface area contributed by atoms with Gasteiger partial charge >= 0.3 is 0 Å². The first-order valence-corrected chi connectivity index (χ1v) is 9.67. The van der Waals surface area contributed by atoms with Gasteiger partial charge in [-0.25, -0.2) is 4.98 Å². The lowest BCUT2D eigenvalue weighted by Crippen LogP contribution is -2.44. The van der Waals surface area contributed by atoms with Crippen molar-refractivity contribution in [2.75, 3.05) is 26.9 Å². The molecule has 1 unspecified atom stereocenters. The molecule has 1 fully saturated rings. The highest BCUT2D eigenvalue weighted by Crippen LogP contribution is 2.36. The third kappa shape index (κ3) is 3.93. The van der Waals surface area contributed by atoms with Crippen LogP contribution in [0.5, 0.6) is 5.75 Å².